The summed E-state index contributed by atoms with van der Waals surface area (Å²) in [5, 5.41) is 4.13. The molecule has 0 amide bonds. The van der Waals surface area contributed by atoms with Gasteiger partial charge >= 0.3 is 6.18 Å². The minimum atomic E-state index is -4.22. The van der Waals surface area contributed by atoms with Crippen LogP contribution in [-0.2, 0) is 20.0 Å². The van der Waals surface area contributed by atoms with Crippen molar-refractivity contribution in [2.45, 2.75) is 25.1 Å². The summed E-state index contributed by atoms with van der Waals surface area (Å²) in [6.07, 6.45) is -2.20. The van der Waals surface area contributed by atoms with Crippen LogP contribution in [0.2, 0.25) is 0 Å². The van der Waals surface area contributed by atoms with Gasteiger partial charge in [0.05, 0.1) is 12.7 Å². The number of rotatable bonds is 5. The number of piperidine rings is 1. The van der Waals surface area contributed by atoms with Crippen molar-refractivity contribution in [2.75, 3.05) is 18.0 Å². The van der Waals surface area contributed by atoms with E-state index in [9.17, 15) is 18.0 Å². The van der Waals surface area contributed by atoms with E-state index in [0.29, 0.717) is 34.7 Å². The standard InChI is InChI=1S/C22H20F3N7O2/c1-30-10-26-20-18(30)21(33)32(11-27-20)9-16-28-19(29-34-16)17-14-7-31(8-15(14)17)13-4-2-3-12(5-13)6-22(23,24)25/h2-5,10-11,14-15,17H,6-9H2,1H3/t14-,15+,17?. The Labute approximate surface area is 190 Å². The Morgan fingerprint density at radius 1 is 1.15 bits per heavy atom. The van der Waals surface area contributed by atoms with E-state index in [1.54, 1.807) is 23.7 Å². The summed E-state index contributed by atoms with van der Waals surface area (Å²) in [5.74, 6) is 1.74. The molecule has 6 rings (SSSR count). The second-order valence-electron chi connectivity index (χ2n) is 8.97. The molecule has 0 N–H and O–H groups in total. The molecule has 0 spiro atoms. The van der Waals surface area contributed by atoms with Crippen molar-refractivity contribution in [3.8, 4) is 0 Å². The number of aryl methyl sites for hydroxylation is 1. The number of benzene rings is 1. The molecule has 1 unspecified atom stereocenters. The van der Waals surface area contributed by atoms with E-state index in [2.05, 4.69) is 25.0 Å². The molecule has 0 radical (unpaired) electrons. The molecule has 176 valence electrons. The third kappa shape index (κ3) is 3.62. The molecule has 0 bridgehead atoms. The second-order valence-corrected chi connectivity index (χ2v) is 8.97. The second kappa shape index (κ2) is 7.40. The average Bonchev–Trinajstić information content (AvgIpc) is 3.19. The van der Waals surface area contributed by atoms with Crippen LogP contribution in [0.3, 0.4) is 0 Å². The lowest BCUT2D eigenvalue weighted by Gasteiger charge is -2.22. The number of fused-ring (bicyclic) bond motifs is 2. The van der Waals surface area contributed by atoms with Crippen LogP contribution in [0, 0.1) is 11.8 Å². The summed E-state index contributed by atoms with van der Waals surface area (Å²) < 4.78 is 46.6. The lowest BCUT2D eigenvalue weighted by Crippen LogP contribution is -2.24. The Hall–Kier alpha value is -3.70. The van der Waals surface area contributed by atoms with Gasteiger partial charge in [-0.3, -0.25) is 9.36 Å². The number of hydrogen-bond donors (Lipinski definition) is 0. The zero-order valence-corrected chi connectivity index (χ0v) is 18.1. The minimum Gasteiger partial charge on any atom is -0.371 e. The van der Waals surface area contributed by atoms with Gasteiger partial charge in [0.1, 0.15) is 12.9 Å². The van der Waals surface area contributed by atoms with Gasteiger partial charge in [-0.25, -0.2) is 9.97 Å². The van der Waals surface area contributed by atoms with E-state index >= 15 is 0 Å². The molecule has 3 atom stereocenters. The molecule has 2 fully saturated rings. The SMILES string of the molecule is Cn1cnc2ncn(Cc3nc(C4[C@H]5CN(c6cccc(CC(F)(F)F)c6)C[C@@H]45)no3)c(=O)c21. The maximum absolute atomic E-state index is 12.7. The number of aromatic nitrogens is 6. The fourth-order valence-electron chi connectivity index (χ4n) is 5.01. The van der Waals surface area contributed by atoms with E-state index < -0.39 is 12.6 Å². The highest BCUT2D eigenvalue weighted by Gasteiger charge is 2.58. The first-order valence-corrected chi connectivity index (χ1v) is 10.9. The molecule has 12 heteroatoms. The van der Waals surface area contributed by atoms with Gasteiger partial charge in [0.15, 0.2) is 17.0 Å². The van der Waals surface area contributed by atoms with Crippen LogP contribution in [-0.4, -0.2) is 48.5 Å². The highest BCUT2D eigenvalue weighted by Crippen LogP contribution is 2.58. The first-order chi connectivity index (χ1) is 16.3. The van der Waals surface area contributed by atoms with Crippen molar-refractivity contribution < 1.29 is 17.7 Å². The van der Waals surface area contributed by atoms with Gasteiger partial charge in [0.2, 0.25) is 5.89 Å². The topological polar surface area (TPSA) is 94.9 Å². The molecular formula is C22H20F3N7O2. The first-order valence-electron chi connectivity index (χ1n) is 10.9. The highest BCUT2D eigenvalue weighted by atomic mass is 19.4. The fourth-order valence-corrected chi connectivity index (χ4v) is 5.01. The van der Waals surface area contributed by atoms with Crippen LogP contribution in [0.5, 0.6) is 0 Å². The zero-order valence-electron chi connectivity index (χ0n) is 18.1. The van der Waals surface area contributed by atoms with Crippen molar-refractivity contribution in [3.05, 3.63) is 64.6 Å². The molecule has 2 aliphatic rings. The van der Waals surface area contributed by atoms with Gasteiger partial charge < -0.3 is 14.0 Å². The van der Waals surface area contributed by atoms with Crippen molar-refractivity contribution in [1.82, 2.24) is 29.2 Å². The molecule has 4 heterocycles. The van der Waals surface area contributed by atoms with Crippen LogP contribution >= 0.6 is 0 Å². The molecule has 1 aliphatic carbocycles. The minimum absolute atomic E-state index is 0.111. The van der Waals surface area contributed by atoms with Crippen molar-refractivity contribution >= 4 is 16.9 Å². The normalized spacial score (nSPS) is 21.9. The number of anilines is 1. The first kappa shape index (κ1) is 20.9. The fraction of sp³-hybridized carbons (Fsp3) is 0.409. The van der Waals surface area contributed by atoms with E-state index in [1.165, 1.54) is 23.3 Å². The third-order valence-electron chi connectivity index (χ3n) is 6.66. The van der Waals surface area contributed by atoms with E-state index in [-0.39, 0.29) is 23.6 Å². The lowest BCUT2D eigenvalue weighted by atomic mass is 10.1. The smallest absolute Gasteiger partial charge is 0.371 e. The Balaban J connectivity index is 1.12. The van der Waals surface area contributed by atoms with Crippen LogP contribution < -0.4 is 10.5 Å². The molecule has 3 aromatic heterocycles. The monoisotopic (exact) mass is 471 g/mol. The van der Waals surface area contributed by atoms with Crippen LogP contribution in [0.4, 0.5) is 18.9 Å². The van der Waals surface area contributed by atoms with Crippen molar-refractivity contribution in [3.63, 3.8) is 0 Å². The highest BCUT2D eigenvalue weighted by molar-refractivity contribution is 5.68. The van der Waals surface area contributed by atoms with Gasteiger partial charge in [-0.1, -0.05) is 17.3 Å². The summed E-state index contributed by atoms with van der Waals surface area (Å²) >= 11 is 0. The summed E-state index contributed by atoms with van der Waals surface area (Å²) in [6.45, 7) is 1.57. The number of imidazole rings is 1. The van der Waals surface area contributed by atoms with E-state index in [1.807, 2.05) is 6.07 Å². The average molecular weight is 471 g/mol. The Kier molecular flexibility index (Phi) is 4.55. The molecule has 1 aliphatic heterocycles. The number of alkyl halides is 3. The van der Waals surface area contributed by atoms with E-state index in [4.69, 9.17) is 4.52 Å². The molecular weight excluding hydrogens is 451 g/mol. The number of nitrogens with zero attached hydrogens (tertiary/aromatic N) is 7. The van der Waals surface area contributed by atoms with Gasteiger partial charge in [-0.2, -0.15) is 18.2 Å². The van der Waals surface area contributed by atoms with Crippen molar-refractivity contribution in [2.24, 2.45) is 18.9 Å². The van der Waals surface area contributed by atoms with Crippen LogP contribution in [0.1, 0.15) is 23.2 Å². The maximum atomic E-state index is 12.7. The molecule has 1 aromatic carbocycles. The molecule has 1 saturated carbocycles. The molecule has 4 aromatic rings. The lowest BCUT2D eigenvalue weighted by molar-refractivity contribution is -0.127. The van der Waals surface area contributed by atoms with Crippen LogP contribution in [0.15, 0.2) is 46.2 Å². The van der Waals surface area contributed by atoms with Crippen molar-refractivity contribution in [1.29, 1.82) is 0 Å². The quantitative estimate of drug-likeness (QED) is 0.441. The Morgan fingerprint density at radius 3 is 2.68 bits per heavy atom. The predicted molar refractivity (Wildman–Crippen MR) is 114 cm³/mol. The van der Waals surface area contributed by atoms with Crippen LogP contribution in [0.25, 0.3) is 11.2 Å². The molecule has 9 nitrogen and oxygen atoms in total. The largest absolute Gasteiger partial charge is 0.393 e. The van der Waals surface area contributed by atoms with Gasteiger partial charge in [0, 0.05) is 31.7 Å². The van der Waals surface area contributed by atoms with Gasteiger partial charge in [0.25, 0.3) is 5.56 Å². The maximum Gasteiger partial charge on any atom is 0.393 e. The van der Waals surface area contributed by atoms with Gasteiger partial charge in [-0.15, -0.1) is 0 Å². The third-order valence-corrected chi connectivity index (χ3v) is 6.66. The summed E-state index contributed by atoms with van der Waals surface area (Å²) in [4.78, 5) is 27.6. The predicted octanol–water partition coefficient (Wildman–Crippen LogP) is 2.52. The van der Waals surface area contributed by atoms with Gasteiger partial charge in [-0.05, 0) is 29.5 Å². The molecule has 1 saturated heterocycles. The summed E-state index contributed by atoms with van der Waals surface area (Å²) in [6, 6.07) is 6.63. The number of hydrogen-bond acceptors (Lipinski definition) is 7. The summed E-state index contributed by atoms with van der Waals surface area (Å²) in [5.41, 5.74) is 1.61. The zero-order chi connectivity index (χ0) is 23.6. The Bertz CT molecular complexity index is 1430. The molecule has 34 heavy (non-hydrogen) atoms. The Morgan fingerprint density at radius 2 is 1.91 bits per heavy atom. The summed E-state index contributed by atoms with van der Waals surface area (Å²) in [7, 11) is 1.73. The number of halogens is 3. The van der Waals surface area contributed by atoms with E-state index in [0.717, 1.165) is 18.8 Å².